The SMILES string of the molecule is C=C.C=C(/C(Cl)=C\C)N1CCN(Cc2cc(C(C)=O)n(C)c2C)CC1. The molecule has 0 aromatic carbocycles. The number of rotatable bonds is 5. The van der Waals surface area contributed by atoms with Crippen LogP contribution in [-0.4, -0.2) is 46.3 Å². The highest BCUT2D eigenvalue weighted by molar-refractivity contribution is 6.31. The van der Waals surface area contributed by atoms with E-state index in [1.54, 1.807) is 6.92 Å². The number of Topliss-reactive ketones (excluding diaryl/α,β-unsaturated/α-hetero) is 1. The Kier molecular flexibility index (Phi) is 8.20. The topological polar surface area (TPSA) is 28.5 Å². The van der Waals surface area contributed by atoms with E-state index in [0.717, 1.165) is 49.1 Å². The zero-order valence-electron chi connectivity index (χ0n) is 15.9. The first-order valence-corrected chi connectivity index (χ1v) is 8.87. The highest BCUT2D eigenvalue weighted by atomic mass is 35.5. The van der Waals surface area contributed by atoms with Gasteiger partial charge in [0.1, 0.15) is 0 Å². The fraction of sp³-hybridized carbons (Fsp3) is 0.450. The van der Waals surface area contributed by atoms with Crippen LogP contribution in [0.2, 0.25) is 0 Å². The maximum Gasteiger partial charge on any atom is 0.176 e. The van der Waals surface area contributed by atoms with E-state index in [1.807, 2.05) is 30.7 Å². The lowest BCUT2D eigenvalue weighted by molar-refractivity contribution is 0.101. The minimum absolute atomic E-state index is 0.115. The highest BCUT2D eigenvalue weighted by Crippen LogP contribution is 2.21. The monoisotopic (exact) mass is 363 g/mol. The van der Waals surface area contributed by atoms with Crippen molar-refractivity contribution in [1.29, 1.82) is 0 Å². The average molecular weight is 364 g/mol. The highest BCUT2D eigenvalue weighted by Gasteiger charge is 2.21. The summed E-state index contributed by atoms with van der Waals surface area (Å²) in [6.07, 6.45) is 1.88. The van der Waals surface area contributed by atoms with Gasteiger partial charge in [0.2, 0.25) is 0 Å². The quantitative estimate of drug-likeness (QED) is 0.447. The zero-order chi connectivity index (χ0) is 19.1. The van der Waals surface area contributed by atoms with Gasteiger partial charge in [0, 0.05) is 58.1 Å². The smallest absolute Gasteiger partial charge is 0.176 e. The van der Waals surface area contributed by atoms with E-state index in [0.29, 0.717) is 0 Å². The van der Waals surface area contributed by atoms with Crippen LogP contribution in [0.5, 0.6) is 0 Å². The molecule has 1 aliphatic heterocycles. The number of allylic oxidation sites excluding steroid dienone is 2. The third-order valence-electron chi connectivity index (χ3n) is 4.68. The zero-order valence-corrected chi connectivity index (χ0v) is 16.7. The number of hydrogen-bond donors (Lipinski definition) is 0. The molecular formula is C20H30ClN3O. The molecule has 25 heavy (non-hydrogen) atoms. The van der Waals surface area contributed by atoms with Gasteiger partial charge in [0.15, 0.2) is 5.78 Å². The molecule has 138 valence electrons. The molecule has 1 aromatic rings. The number of carbonyl (C=O) groups is 1. The minimum Gasteiger partial charge on any atom is -0.368 e. The van der Waals surface area contributed by atoms with E-state index >= 15 is 0 Å². The summed E-state index contributed by atoms with van der Waals surface area (Å²) in [6.45, 7) is 20.4. The molecule has 1 saturated heterocycles. The predicted molar refractivity (Wildman–Crippen MR) is 107 cm³/mol. The summed E-state index contributed by atoms with van der Waals surface area (Å²) in [5.41, 5.74) is 4.09. The van der Waals surface area contributed by atoms with Gasteiger partial charge in [-0.15, -0.1) is 13.2 Å². The van der Waals surface area contributed by atoms with Gasteiger partial charge < -0.3 is 9.47 Å². The van der Waals surface area contributed by atoms with Crippen LogP contribution in [0, 0.1) is 6.92 Å². The van der Waals surface area contributed by atoms with E-state index < -0.39 is 0 Å². The van der Waals surface area contributed by atoms with Crippen molar-refractivity contribution in [3.63, 3.8) is 0 Å². The largest absolute Gasteiger partial charge is 0.368 e. The molecule has 2 rings (SSSR count). The molecule has 5 heteroatoms. The molecule has 0 atom stereocenters. The normalized spacial score (nSPS) is 15.6. The van der Waals surface area contributed by atoms with Crippen molar-refractivity contribution in [2.75, 3.05) is 26.2 Å². The van der Waals surface area contributed by atoms with Crippen molar-refractivity contribution < 1.29 is 4.79 Å². The fourth-order valence-corrected chi connectivity index (χ4v) is 3.11. The Labute approximate surface area is 157 Å². The Morgan fingerprint density at radius 3 is 2.28 bits per heavy atom. The second kappa shape index (κ2) is 9.64. The standard InChI is InChI=1S/C18H26ClN3O.C2H4/c1-6-17(19)14(3)22-9-7-21(8-10-22)12-16-11-18(15(4)23)20(5)13(16)2;1-2/h6,11H,3,7-10,12H2,1-2,4-5H3;1-2H2/b17-6+;. The van der Waals surface area contributed by atoms with Gasteiger partial charge in [-0.25, -0.2) is 0 Å². The third kappa shape index (κ3) is 5.10. The molecule has 0 amide bonds. The summed E-state index contributed by atoms with van der Waals surface area (Å²) < 4.78 is 1.99. The second-order valence-electron chi connectivity index (χ2n) is 6.10. The molecular weight excluding hydrogens is 334 g/mol. The van der Waals surface area contributed by atoms with Crippen molar-refractivity contribution in [2.24, 2.45) is 7.05 Å². The van der Waals surface area contributed by atoms with Crippen LogP contribution in [-0.2, 0) is 13.6 Å². The minimum atomic E-state index is 0.115. The first-order chi connectivity index (χ1) is 11.8. The number of ketones is 1. The number of halogens is 1. The predicted octanol–water partition coefficient (Wildman–Crippen LogP) is 4.11. The molecule has 0 radical (unpaired) electrons. The van der Waals surface area contributed by atoms with Crippen molar-refractivity contribution >= 4 is 17.4 Å². The van der Waals surface area contributed by atoms with E-state index in [-0.39, 0.29) is 5.78 Å². The molecule has 1 aromatic heterocycles. The molecule has 0 saturated carbocycles. The van der Waals surface area contributed by atoms with Gasteiger partial charge in [-0.1, -0.05) is 24.3 Å². The first-order valence-electron chi connectivity index (χ1n) is 8.49. The second-order valence-corrected chi connectivity index (χ2v) is 6.51. The van der Waals surface area contributed by atoms with E-state index in [9.17, 15) is 4.79 Å². The van der Waals surface area contributed by atoms with Crippen LogP contribution < -0.4 is 0 Å². The summed E-state index contributed by atoms with van der Waals surface area (Å²) in [6, 6.07) is 2.03. The summed E-state index contributed by atoms with van der Waals surface area (Å²) >= 11 is 6.16. The maximum atomic E-state index is 11.7. The summed E-state index contributed by atoms with van der Waals surface area (Å²) in [4.78, 5) is 16.3. The number of aromatic nitrogens is 1. The number of piperazine rings is 1. The summed E-state index contributed by atoms with van der Waals surface area (Å²) in [7, 11) is 1.95. The number of nitrogens with zero attached hydrogens (tertiary/aromatic N) is 3. The molecule has 0 spiro atoms. The third-order valence-corrected chi connectivity index (χ3v) is 5.11. The Morgan fingerprint density at radius 2 is 1.84 bits per heavy atom. The summed E-state index contributed by atoms with van der Waals surface area (Å²) in [5.74, 6) is 0.115. The molecule has 0 N–H and O–H groups in total. The summed E-state index contributed by atoms with van der Waals surface area (Å²) in [5, 5.41) is 0.725. The Balaban J connectivity index is 0.00000151. The maximum absolute atomic E-state index is 11.7. The lowest BCUT2D eigenvalue weighted by atomic mass is 10.2. The molecule has 0 unspecified atom stereocenters. The van der Waals surface area contributed by atoms with Crippen LogP contribution in [0.3, 0.4) is 0 Å². The molecule has 1 fully saturated rings. The van der Waals surface area contributed by atoms with Gasteiger partial charge in [-0.05, 0) is 25.5 Å². The van der Waals surface area contributed by atoms with Gasteiger partial charge in [0.05, 0.1) is 10.7 Å². The van der Waals surface area contributed by atoms with Gasteiger partial charge in [-0.2, -0.15) is 0 Å². The molecule has 2 heterocycles. The van der Waals surface area contributed by atoms with Crippen LogP contribution >= 0.6 is 11.6 Å². The fourth-order valence-electron chi connectivity index (χ4n) is 2.99. The van der Waals surface area contributed by atoms with Gasteiger partial charge >= 0.3 is 0 Å². The van der Waals surface area contributed by atoms with Crippen LogP contribution in [0.1, 0.15) is 35.6 Å². The van der Waals surface area contributed by atoms with Gasteiger partial charge in [-0.3, -0.25) is 9.69 Å². The van der Waals surface area contributed by atoms with Crippen molar-refractivity contribution in [3.05, 3.63) is 59.6 Å². The Morgan fingerprint density at radius 1 is 1.28 bits per heavy atom. The molecule has 4 nitrogen and oxygen atoms in total. The Bertz CT molecular complexity index is 652. The van der Waals surface area contributed by atoms with Gasteiger partial charge in [0.25, 0.3) is 0 Å². The lowest BCUT2D eigenvalue weighted by Crippen LogP contribution is -2.45. The average Bonchev–Trinajstić information content (AvgIpc) is 2.91. The van der Waals surface area contributed by atoms with Crippen LogP contribution in [0.15, 0.2) is 42.6 Å². The number of hydrogen-bond acceptors (Lipinski definition) is 3. The van der Waals surface area contributed by atoms with Crippen molar-refractivity contribution in [3.8, 4) is 0 Å². The van der Waals surface area contributed by atoms with Crippen LogP contribution in [0.4, 0.5) is 0 Å². The number of carbonyl (C=O) groups excluding carboxylic acids is 1. The first kappa shape index (κ1) is 21.3. The van der Waals surface area contributed by atoms with Crippen molar-refractivity contribution in [2.45, 2.75) is 27.3 Å². The molecule has 0 aliphatic carbocycles. The van der Waals surface area contributed by atoms with Crippen molar-refractivity contribution in [1.82, 2.24) is 14.4 Å². The molecule has 1 aliphatic rings. The lowest BCUT2D eigenvalue weighted by Gasteiger charge is -2.36. The van der Waals surface area contributed by atoms with E-state index in [1.165, 1.54) is 11.3 Å². The Hall–Kier alpha value is -1.78. The van der Waals surface area contributed by atoms with Crippen LogP contribution in [0.25, 0.3) is 0 Å². The van der Waals surface area contributed by atoms with E-state index in [4.69, 9.17) is 11.6 Å². The molecule has 0 bridgehead atoms. The van der Waals surface area contributed by atoms with E-state index in [2.05, 4.69) is 36.5 Å².